The maximum Gasteiger partial charge on any atom is 0.171 e. The summed E-state index contributed by atoms with van der Waals surface area (Å²) in [6, 6.07) is 0.578. The van der Waals surface area contributed by atoms with E-state index in [1.807, 2.05) is 13.8 Å². The van der Waals surface area contributed by atoms with E-state index in [9.17, 15) is 0 Å². The van der Waals surface area contributed by atoms with Crippen LogP contribution in [-0.4, -0.2) is 48.1 Å². The van der Waals surface area contributed by atoms with Gasteiger partial charge in [0.05, 0.1) is 11.4 Å². The molecule has 0 radical (unpaired) electrons. The number of aromatic nitrogens is 2. The van der Waals surface area contributed by atoms with Crippen LogP contribution in [0.5, 0.6) is 0 Å². The largest absolute Gasteiger partial charge is 0.352 e. The summed E-state index contributed by atoms with van der Waals surface area (Å²) in [5, 5.41) is 0.521. The lowest BCUT2D eigenvalue weighted by atomic mass is 10.2. The predicted molar refractivity (Wildman–Crippen MR) is 70.8 cm³/mol. The first-order chi connectivity index (χ1) is 7.99. The lowest BCUT2D eigenvalue weighted by Gasteiger charge is -2.21. The average Bonchev–Trinajstić information content (AvgIpc) is 2.72. The molecular weight excluding hydrogens is 236 g/mol. The van der Waals surface area contributed by atoms with Crippen LogP contribution in [-0.2, 0) is 0 Å². The fourth-order valence-corrected chi connectivity index (χ4v) is 2.41. The number of nitrogens with zero attached hydrogens (tertiary/aromatic N) is 4. The number of anilines is 1. The van der Waals surface area contributed by atoms with Gasteiger partial charge in [-0.3, -0.25) is 0 Å². The molecule has 2 heterocycles. The Labute approximate surface area is 108 Å². The summed E-state index contributed by atoms with van der Waals surface area (Å²) in [6.45, 7) is 5.88. The van der Waals surface area contributed by atoms with Crippen molar-refractivity contribution in [1.29, 1.82) is 0 Å². The smallest absolute Gasteiger partial charge is 0.171 e. The summed E-state index contributed by atoms with van der Waals surface area (Å²) >= 11 is 6.18. The summed E-state index contributed by atoms with van der Waals surface area (Å²) < 4.78 is 0. The monoisotopic (exact) mass is 254 g/mol. The van der Waals surface area contributed by atoms with E-state index in [0.29, 0.717) is 11.2 Å². The molecule has 1 saturated heterocycles. The second-order valence-corrected chi connectivity index (χ2v) is 5.22. The molecule has 0 bridgehead atoms. The van der Waals surface area contributed by atoms with Gasteiger partial charge in [0.2, 0.25) is 0 Å². The molecule has 1 aromatic rings. The second-order valence-electron chi connectivity index (χ2n) is 4.86. The normalized spacial score (nSPS) is 20.4. The average molecular weight is 255 g/mol. The molecule has 1 atom stereocenters. The molecule has 0 saturated carbocycles. The molecule has 0 amide bonds. The zero-order valence-electron chi connectivity index (χ0n) is 10.9. The molecule has 1 fully saturated rings. The molecular formula is C12H19ClN4. The van der Waals surface area contributed by atoms with Gasteiger partial charge in [-0.15, -0.1) is 0 Å². The zero-order valence-corrected chi connectivity index (χ0v) is 11.6. The van der Waals surface area contributed by atoms with Crippen LogP contribution in [0.2, 0.25) is 5.15 Å². The number of halogens is 1. The van der Waals surface area contributed by atoms with E-state index in [2.05, 4.69) is 33.9 Å². The molecule has 17 heavy (non-hydrogen) atoms. The number of likely N-dealkylation sites (N-methyl/N-ethyl adjacent to an activating group) is 1. The van der Waals surface area contributed by atoms with Crippen molar-refractivity contribution in [3.63, 3.8) is 0 Å². The Hall–Kier alpha value is -0.870. The molecule has 0 spiro atoms. The Morgan fingerprint density at radius 3 is 2.47 bits per heavy atom. The van der Waals surface area contributed by atoms with E-state index in [0.717, 1.165) is 36.7 Å². The van der Waals surface area contributed by atoms with Gasteiger partial charge in [-0.05, 0) is 34.4 Å². The summed E-state index contributed by atoms with van der Waals surface area (Å²) in [7, 11) is 4.23. The van der Waals surface area contributed by atoms with Gasteiger partial charge in [0.25, 0.3) is 0 Å². The molecule has 1 aliphatic rings. The fraction of sp³-hybridized carbons (Fsp3) is 0.667. The van der Waals surface area contributed by atoms with Crippen molar-refractivity contribution in [2.45, 2.75) is 26.3 Å². The zero-order chi connectivity index (χ0) is 12.6. The molecule has 1 aromatic heterocycles. The Morgan fingerprint density at radius 2 is 1.88 bits per heavy atom. The maximum absolute atomic E-state index is 6.18. The Kier molecular flexibility index (Phi) is 3.54. The molecule has 0 aliphatic carbocycles. The predicted octanol–water partition coefficient (Wildman–Crippen LogP) is 1.89. The SMILES string of the molecule is Cc1nc(Cl)c(N2CCC(N(C)C)C2)nc1C. The van der Waals surface area contributed by atoms with Crippen LogP contribution < -0.4 is 4.90 Å². The summed E-state index contributed by atoms with van der Waals surface area (Å²) in [5.74, 6) is 0.833. The van der Waals surface area contributed by atoms with Crippen LogP contribution in [0.1, 0.15) is 17.8 Å². The lowest BCUT2D eigenvalue weighted by Crippen LogP contribution is -2.32. The van der Waals surface area contributed by atoms with Crippen LogP contribution in [0.4, 0.5) is 5.82 Å². The number of aryl methyl sites for hydroxylation is 2. The number of rotatable bonds is 2. The minimum atomic E-state index is 0.521. The third-order valence-electron chi connectivity index (χ3n) is 3.44. The van der Waals surface area contributed by atoms with Gasteiger partial charge in [-0.2, -0.15) is 0 Å². The van der Waals surface area contributed by atoms with E-state index in [1.165, 1.54) is 0 Å². The second kappa shape index (κ2) is 4.78. The fourth-order valence-electron chi connectivity index (χ4n) is 2.12. The van der Waals surface area contributed by atoms with Gasteiger partial charge in [-0.1, -0.05) is 11.6 Å². The van der Waals surface area contributed by atoms with Crippen molar-refractivity contribution in [3.8, 4) is 0 Å². The first-order valence-corrected chi connectivity index (χ1v) is 6.29. The highest BCUT2D eigenvalue weighted by Crippen LogP contribution is 2.27. The molecule has 5 heteroatoms. The van der Waals surface area contributed by atoms with Crippen molar-refractivity contribution in [2.24, 2.45) is 0 Å². The molecule has 1 unspecified atom stereocenters. The minimum absolute atomic E-state index is 0.521. The highest BCUT2D eigenvalue weighted by molar-refractivity contribution is 6.31. The third kappa shape index (κ3) is 2.53. The summed E-state index contributed by atoms with van der Waals surface area (Å²) in [6.07, 6.45) is 1.15. The van der Waals surface area contributed by atoms with E-state index >= 15 is 0 Å². The van der Waals surface area contributed by atoms with Gasteiger partial charge < -0.3 is 9.80 Å². The number of hydrogen-bond acceptors (Lipinski definition) is 4. The number of hydrogen-bond donors (Lipinski definition) is 0. The third-order valence-corrected chi connectivity index (χ3v) is 3.69. The lowest BCUT2D eigenvalue weighted by molar-refractivity contribution is 0.315. The highest BCUT2D eigenvalue weighted by Gasteiger charge is 2.26. The van der Waals surface area contributed by atoms with Gasteiger partial charge in [0.15, 0.2) is 11.0 Å². The Bertz CT molecular complexity index is 419. The van der Waals surface area contributed by atoms with E-state index < -0.39 is 0 Å². The van der Waals surface area contributed by atoms with Crippen molar-refractivity contribution >= 4 is 17.4 Å². The first-order valence-electron chi connectivity index (χ1n) is 5.91. The van der Waals surface area contributed by atoms with E-state index in [4.69, 9.17) is 11.6 Å². The van der Waals surface area contributed by atoms with Gasteiger partial charge in [0.1, 0.15) is 0 Å². The topological polar surface area (TPSA) is 32.3 Å². The first kappa shape index (κ1) is 12.6. The molecule has 2 rings (SSSR count). The molecule has 0 N–H and O–H groups in total. The summed E-state index contributed by atoms with van der Waals surface area (Å²) in [5.41, 5.74) is 1.86. The van der Waals surface area contributed by atoms with Gasteiger partial charge >= 0.3 is 0 Å². The Balaban J connectivity index is 2.22. The standard InChI is InChI=1S/C12H19ClN4/c1-8-9(2)15-12(11(13)14-8)17-6-5-10(7-17)16(3)4/h10H,5-7H2,1-4H3. The van der Waals surface area contributed by atoms with Crippen molar-refractivity contribution < 1.29 is 0 Å². The van der Waals surface area contributed by atoms with Crippen molar-refractivity contribution in [2.75, 3.05) is 32.1 Å². The van der Waals surface area contributed by atoms with Crippen LogP contribution in [0.25, 0.3) is 0 Å². The van der Waals surface area contributed by atoms with Crippen LogP contribution >= 0.6 is 11.6 Å². The van der Waals surface area contributed by atoms with Gasteiger partial charge in [-0.25, -0.2) is 9.97 Å². The van der Waals surface area contributed by atoms with E-state index in [1.54, 1.807) is 0 Å². The molecule has 0 aromatic carbocycles. The molecule has 94 valence electrons. The Morgan fingerprint density at radius 1 is 1.24 bits per heavy atom. The minimum Gasteiger partial charge on any atom is -0.352 e. The highest BCUT2D eigenvalue weighted by atomic mass is 35.5. The van der Waals surface area contributed by atoms with Crippen molar-refractivity contribution in [1.82, 2.24) is 14.9 Å². The quantitative estimate of drug-likeness (QED) is 0.807. The maximum atomic E-state index is 6.18. The molecule has 4 nitrogen and oxygen atoms in total. The summed E-state index contributed by atoms with van der Waals surface area (Å²) in [4.78, 5) is 13.4. The molecule has 1 aliphatic heterocycles. The van der Waals surface area contributed by atoms with Gasteiger partial charge in [0, 0.05) is 19.1 Å². The van der Waals surface area contributed by atoms with Crippen molar-refractivity contribution in [3.05, 3.63) is 16.5 Å². The van der Waals surface area contributed by atoms with Crippen LogP contribution in [0.15, 0.2) is 0 Å². The van der Waals surface area contributed by atoms with Crippen LogP contribution in [0, 0.1) is 13.8 Å². The van der Waals surface area contributed by atoms with E-state index in [-0.39, 0.29) is 0 Å². The van der Waals surface area contributed by atoms with Crippen LogP contribution in [0.3, 0.4) is 0 Å².